The molecule has 1 unspecified atom stereocenters. The van der Waals surface area contributed by atoms with Gasteiger partial charge in [-0.15, -0.1) is 11.3 Å². The molecule has 2 nitrogen and oxygen atoms in total. The van der Waals surface area contributed by atoms with Crippen LogP contribution in [-0.4, -0.2) is 19.1 Å². The van der Waals surface area contributed by atoms with Gasteiger partial charge in [-0.05, 0) is 25.0 Å². The number of nitrogens with zero attached hydrogens (tertiary/aromatic N) is 1. The van der Waals surface area contributed by atoms with Crippen LogP contribution < -0.4 is 10.6 Å². The number of rotatable bonds is 1. The lowest BCUT2D eigenvalue weighted by atomic mass is 10.1. The van der Waals surface area contributed by atoms with Crippen LogP contribution in [0.3, 0.4) is 0 Å². The van der Waals surface area contributed by atoms with Crippen LogP contribution in [0.4, 0.5) is 5.00 Å². The number of thiophene rings is 1. The minimum Gasteiger partial charge on any atom is -0.362 e. The molecule has 0 aliphatic carbocycles. The second-order valence-corrected chi connectivity index (χ2v) is 5.12. The highest BCUT2D eigenvalue weighted by Crippen LogP contribution is 2.30. The number of hydrogen-bond acceptors (Lipinski definition) is 3. The van der Waals surface area contributed by atoms with Crippen molar-refractivity contribution in [1.29, 1.82) is 0 Å². The highest BCUT2D eigenvalue weighted by molar-refractivity contribution is 7.19. The fourth-order valence-electron chi connectivity index (χ4n) is 1.68. The van der Waals surface area contributed by atoms with Gasteiger partial charge in [0.05, 0.1) is 9.34 Å². The Hall–Kier alpha value is -0.250. The van der Waals surface area contributed by atoms with Gasteiger partial charge in [-0.25, -0.2) is 0 Å². The summed E-state index contributed by atoms with van der Waals surface area (Å²) in [6, 6.07) is 4.35. The molecule has 1 aromatic heterocycles. The maximum absolute atomic E-state index is 5.90. The molecule has 0 amide bonds. The summed E-state index contributed by atoms with van der Waals surface area (Å²) in [7, 11) is 0. The molecule has 1 saturated heterocycles. The molecule has 0 aromatic carbocycles. The van der Waals surface area contributed by atoms with Crippen molar-refractivity contribution < 1.29 is 0 Å². The van der Waals surface area contributed by atoms with Gasteiger partial charge in [0.15, 0.2) is 0 Å². The highest BCUT2D eigenvalue weighted by atomic mass is 35.5. The number of halogens is 1. The van der Waals surface area contributed by atoms with Crippen LogP contribution in [0.15, 0.2) is 12.1 Å². The summed E-state index contributed by atoms with van der Waals surface area (Å²) in [6.07, 6.45) is 2.34. The smallest absolute Gasteiger partial charge is 0.0950 e. The Morgan fingerprint density at radius 1 is 1.54 bits per heavy atom. The monoisotopic (exact) mass is 216 g/mol. The van der Waals surface area contributed by atoms with E-state index >= 15 is 0 Å². The summed E-state index contributed by atoms with van der Waals surface area (Å²) in [4.78, 5) is 2.32. The molecular weight excluding hydrogens is 204 g/mol. The Morgan fingerprint density at radius 3 is 3.00 bits per heavy atom. The van der Waals surface area contributed by atoms with Gasteiger partial charge < -0.3 is 10.6 Å². The van der Waals surface area contributed by atoms with Gasteiger partial charge in [0.2, 0.25) is 0 Å². The Bertz CT molecular complexity index is 287. The lowest BCUT2D eigenvalue weighted by Gasteiger charge is -2.31. The van der Waals surface area contributed by atoms with Crippen molar-refractivity contribution in [2.45, 2.75) is 18.9 Å². The lowest BCUT2D eigenvalue weighted by molar-refractivity contribution is 0.508. The van der Waals surface area contributed by atoms with E-state index in [1.54, 1.807) is 11.3 Å². The fraction of sp³-hybridized carbons (Fsp3) is 0.556. The van der Waals surface area contributed by atoms with Crippen LogP contribution in [-0.2, 0) is 0 Å². The van der Waals surface area contributed by atoms with Crippen molar-refractivity contribution in [2.24, 2.45) is 5.73 Å². The van der Waals surface area contributed by atoms with Crippen LogP contribution in [0.1, 0.15) is 12.8 Å². The molecule has 72 valence electrons. The van der Waals surface area contributed by atoms with Gasteiger partial charge in [-0.1, -0.05) is 11.6 Å². The molecule has 0 radical (unpaired) electrons. The van der Waals surface area contributed by atoms with E-state index in [1.807, 2.05) is 6.07 Å². The average molecular weight is 217 g/mol. The summed E-state index contributed by atoms with van der Waals surface area (Å²) in [5.74, 6) is 0. The lowest BCUT2D eigenvalue weighted by Crippen LogP contribution is -2.42. The summed E-state index contributed by atoms with van der Waals surface area (Å²) >= 11 is 7.51. The zero-order valence-electron chi connectivity index (χ0n) is 7.37. The van der Waals surface area contributed by atoms with Crippen LogP contribution >= 0.6 is 22.9 Å². The Morgan fingerprint density at radius 2 is 2.38 bits per heavy atom. The minimum absolute atomic E-state index is 0.328. The van der Waals surface area contributed by atoms with Crippen molar-refractivity contribution in [3.63, 3.8) is 0 Å². The molecule has 1 fully saturated rings. The van der Waals surface area contributed by atoms with Crippen LogP contribution in [0, 0.1) is 0 Å². The predicted molar refractivity (Wildman–Crippen MR) is 58.8 cm³/mol. The Kier molecular flexibility index (Phi) is 2.77. The van der Waals surface area contributed by atoms with Gasteiger partial charge in [-0.2, -0.15) is 0 Å². The first-order valence-corrected chi connectivity index (χ1v) is 5.71. The first-order chi connectivity index (χ1) is 6.25. The van der Waals surface area contributed by atoms with Crippen molar-refractivity contribution in [3.8, 4) is 0 Å². The van der Waals surface area contributed by atoms with Crippen LogP contribution in [0.5, 0.6) is 0 Å². The molecular formula is C9H13ClN2S. The van der Waals surface area contributed by atoms with Crippen LogP contribution in [0.25, 0.3) is 0 Å². The maximum atomic E-state index is 5.90. The molecule has 2 rings (SSSR count). The van der Waals surface area contributed by atoms with Crippen molar-refractivity contribution in [2.75, 3.05) is 18.0 Å². The topological polar surface area (TPSA) is 29.3 Å². The summed E-state index contributed by atoms with van der Waals surface area (Å²) < 4.78 is 0.856. The molecule has 2 heterocycles. The van der Waals surface area contributed by atoms with E-state index in [2.05, 4.69) is 11.0 Å². The van der Waals surface area contributed by atoms with Gasteiger partial charge >= 0.3 is 0 Å². The van der Waals surface area contributed by atoms with Gasteiger partial charge in [0, 0.05) is 19.1 Å². The van der Waals surface area contributed by atoms with Crippen molar-refractivity contribution >= 4 is 27.9 Å². The summed E-state index contributed by atoms with van der Waals surface area (Å²) in [5, 5.41) is 1.25. The van der Waals surface area contributed by atoms with E-state index in [0.717, 1.165) is 23.8 Å². The third kappa shape index (κ3) is 2.16. The van der Waals surface area contributed by atoms with Crippen LogP contribution in [0.2, 0.25) is 4.34 Å². The number of hydrogen-bond donors (Lipinski definition) is 1. The quantitative estimate of drug-likeness (QED) is 0.781. The highest BCUT2D eigenvalue weighted by Gasteiger charge is 2.17. The van der Waals surface area contributed by atoms with E-state index in [4.69, 9.17) is 17.3 Å². The number of nitrogens with two attached hydrogens (primary N) is 1. The average Bonchev–Trinajstić information content (AvgIpc) is 2.52. The predicted octanol–water partition coefficient (Wildman–Crippen LogP) is 2.33. The second kappa shape index (κ2) is 3.86. The zero-order chi connectivity index (χ0) is 9.26. The first-order valence-electron chi connectivity index (χ1n) is 4.51. The zero-order valence-corrected chi connectivity index (χ0v) is 8.94. The molecule has 13 heavy (non-hydrogen) atoms. The summed E-state index contributed by atoms with van der Waals surface area (Å²) in [6.45, 7) is 2.08. The third-order valence-corrected chi connectivity index (χ3v) is 3.62. The Labute approximate surface area is 87.3 Å². The molecule has 1 aliphatic rings. The molecule has 1 atom stereocenters. The van der Waals surface area contributed by atoms with Crippen molar-refractivity contribution in [3.05, 3.63) is 16.5 Å². The molecule has 0 spiro atoms. The molecule has 0 saturated carbocycles. The van der Waals surface area contributed by atoms with Gasteiger partial charge in [-0.3, -0.25) is 0 Å². The molecule has 1 aliphatic heterocycles. The van der Waals surface area contributed by atoms with E-state index in [9.17, 15) is 0 Å². The number of piperidine rings is 1. The second-order valence-electron chi connectivity index (χ2n) is 3.43. The van der Waals surface area contributed by atoms with E-state index in [0.29, 0.717) is 6.04 Å². The normalized spacial score (nSPS) is 23.5. The largest absolute Gasteiger partial charge is 0.362 e. The fourth-order valence-corrected chi connectivity index (χ4v) is 2.75. The maximum Gasteiger partial charge on any atom is 0.0950 e. The van der Waals surface area contributed by atoms with E-state index in [-0.39, 0.29) is 0 Å². The Balaban J connectivity index is 2.08. The standard InChI is InChI=1S/C9H13ClN2S/c10-8-3-4-9(13-8)12-5-1-2-7(11)6-12/h3-4,7H,1-2,5-6,11H2. The summed E-state index contributed by atoms with van der Waals surface area (Å²) in [5.41, 5.74) is 5.90. The molecule has 1 aromatic rings. The molecule has 4 heteroatoms. The number of anilines is 1. The first kappa shape index (κ1) is 9.31. The molecule has 2 N–H and O–H groups in total. The van der Waals surface area contributed by atoms with Crippen molar-refractivity contribution in [1.82, 2.24) is 0 Å². The van der Waals surface area contributed by atoms with E-state index < -0.39 is 0 Å². The van der Waals surface area contributed by atoms with Gasteiger partial charge in [0.1, 0.15) is 0 Å². The molecule has 0 bridgehead atoms. The minimum atomic E-state index is 0.328. The van der Waals surface area contributed by atoms with E-state index in [1.165, 1.54) is 11.4 Å². The van der Waals surface area contributed by atoms with Gasteiger partial charge in [0.25, 0.3) is 0 Å². The third-order valence-electron chi connectivity index (χ3n) is 2.33. The SMILES string of the molecule is NC1CCCN(c2ccc(Cl)s2)C1.